The number of aliphatic hydroxyl groups is 1. The van der Waals surface area contributed by atoms with Gasteiger partial charge in [0.1, 0.15) is 5.60 Å². The van der Waals surface area contributed by atoms with Gasteiger partial charge in [0.25, 0.3) is 0 Å². The average Bonchev–Trinajstić information content (AvgIpc) is 2.44. The van der Waals surface area contributed by atoms with Crippen LogP contribution in [-0.2, 0) is 5.60 Å². The highest BCUT2D eigenvalue weighted by Crippen LogP contribution is 2.22. The van der Waals surface area contributed by atoms with Crippen LogP contribution in [0, 0.1) is 0 Å². The molecule has 114 valence electrons. The van der Waals surface area contributed by atoms with Crippen molar-refractivity contribution in [1.29, 1.82) is 0 Å². The molecule has 0 bridgehead atoms. The van der Waals surface area contributed by atoms with Gasteiger partial charge in [-0.2, -0.15) is 0 Å². The SMILES string of the molecule is CCN(CC(O)(CN)c1ccccc1)C(C)CN(C)C. The highest BCUT2D eigenvalue weighted by atomic mass is 16.3. The second-order valence-corrected chi connectivity index (χ2v) is 5.78. The third kappa shape index (κ3) is 4.56. The molecule has 0 saturated heterocycles. The maximum atomic E-state index is 10.9. The van der Waals surface area contributed by atoms with Gasteiger partial charge in [0.05, 0.1) is 0 Å². The Kier molecular flexibility index (Phi) is 6.62. The van der Waals surface area contributed by atoms with Crippen molar-refractivity contribution in [2.24, 2.45) is 5.73 Å². The third-order valence-corrected chi connectivity index (χ3v) is 3.77. The van der Waals surface area contributed by atoms with Crippen LogP contribution in [-0.4, -0.2) is 61.2 Å². The molecular weight excluding hydrogens is 250 g/mol. The van der Waals surface area contributed by atoms with E-state index in [1.165, 1.54) is 0 Å². The Hall–Kier alpha value is -0.940. The fourth-order valence-electron chi connectivity index (χ4n) is 2.58. The minimum Gasteiger partial charge on any atom is -0.382 e. The van der Waals surface area contributed by atoms with E-state index in [2.05, 4.69) is 37.7 Å². The largest absolute Gasteiger partial charge is 0.382 e. The van der Waals surface area contributed by atoms with Crippen molar-refractivity contribution in [3.8, 4) is 0 Å². The van der Waals surface area contributed by atoms with Crippen LogP contribution in [0.2, 0.25) is 0 Å². The van der Waals surface area contributed by atoms with Gasteiger partial charge in [0.2, 0.25) is 0 Å². The van der Waals surface area contributed by atoms with Gasteiger partial charge < -0.3 is 15.7 Å². The topological polar surface area (TPSA) is 52.7 Å². The Morgan fingerprint density at radius 1 is 1.25 bits per heavy atom. The van der Waals surface area contributed by atoms with Crippen LogP contribution in [0.25, 0.3) is 0 Å². The second-order valence-electron chi connectivity index (χ2n) is 5.78. The Morgan fingerprint density at radius 3 is 2.30 bits per heavy atom. The molecule has 2 unspecified atom stereocenters. The Balaban J connectivity index is 2.84. The van der Waals surface area contributed by atoms with Gasteiger partial charge in [-0.25, -0.2) is 0 Å². The molecular formula is C16H29N3O. The number of hydrogen-bond donors (Lipinski definition) is 2. The molecule has 0 spiro atoms. The summed E-state index contributed by atoms with van der Waals surface area (Å²) in [4.78, 5) is 4.44. The molecule has 4 nitrogen and oxygen atoms in total. The second kappa shape index (κ2) is 7.74. The molecule has 0 aliphatic heterocycles. The van der Waals surface area contributed by atoms with Gasteiger partial charge in [0, 0.05) is 25.7 Å². The van der Waals surface area contributed by atoms with E-state index in [4.69, 9.17) is 5.73 Å². The quantitative estimate of drug-likeness (QED) is 0.748. The summed E-state index contributed by atoms with van der Waals surface area (Å²) >= 11 is 0. The Morgan fingerprint density at radius 2 is 1.85 bits per heavy atom. The van der Waals surface area contributed by atoms with E-state index in [1.54, 1.807) is 0 Å². The van der Waals surface area contributed by atoms with Crippen LogP contribution >= 0.6 is 0 Å². The molecule has 3 N–H and O–H groups in total. The number of rotatable bonds is 8. The molecule has 1 aromatic rings. The summed E-state index contributed by atoms with van der Waals surface area (Å²) < 4.78 is 0. The smallest absolute Gasteiger partial charge is 0.114 e. The lowest BCUT2D eigenvalue weighted by atomic mass is 9.92. The molecule has 0 aromatic heterocycles. The predicted octanol–water partition coefficient (Wildman–Crippen LogP) is 1.10. The third-order valence-electron chi connectivity index (χ3n) is 3.77. The van der Waals surface area contributed by atoms with Crippen molar-refractivity contribution in [2.45, 2.75) is 25.5 Å². The molecule has 20 heavy (non-hydrogen) atoms. The molecule has 1 aromatic carbocycles. The van der Waals surface area contributed by atoms with Crippen molar-refractivity contribution < 1.29 is 5.11 Å². The molecule has 0 heterocycles. The number of nitrogens with two attached hydrogens (primary N) is 1. The zero-order chi connectivity index (χ0) is 15.2. The lowest BCUT2D eigenvalue weighted by Crippen LogP contribution is -2.50. The molecule has 4 heteroatoms. The minimum absolute atomic E-state index is 0.224. The summed E-state index contributed by atoms with van der Waals surface area (Å²) in [5.74, 6) is 0. The molecule has 0 aliphatic carbocycles. The maximum absolute atomic E-state index is 10.9. The number of hydrogen-bond acceptors (Lipinski definition) is 4. The van der Waals surface area contributed by atoms with Crippen molar-refractivity contribution >= 4 is 0 Å². The van der Waals surface area contributed by atoms with E-state index in [9.17, 15) is 5.11 Å². The first-order chi connectivity index (χ1) is 9.42. The van der Waals surface area contributed by atoms with E-state index in [-0.39, 0.29) is 6.54 Å². The van der Waals surface area contributed by atoms with E-state index in [0.717, 1.165) is 18.7 Å². The summed E-state index contributed by atoms with van der Waals surface area (Å²) in [6.45, 7) is 6.94. The van der Waals surface area contributed by atoms with Crippen molar-refractivity contribution in [3.63, 3.8) is 0 Å². The molecule has 0 radical (unpaired) electrons. The van der Waals surface area contributed by atoms with Gasteiger partial charge in [-0.05, 0) is 33.1 Å². The van der Waals surface area contributed by atoms with Gasteiger partial charge >= 0.3 is 0 Å². The molecule has 2 atom stereocenters. The molecule has 1 rings (SSSR count). The summed E-state index contributed by atoms with van der Waals surface area (Å²) in [6.07, 6.45) is 0. The summed E-state index contributed by atoms with van der Waals surface area (Å²) in [7, 11) is 4.13. The van der Waals surface area contributed by atoms with Crippen LogP contribution in [0.5, 0.6) is 0 Å². The van der Waals surface area contributed by atoms with Crippen LogP contribution in [0.3, 0.4) is 0 Å². The first-order valence-corrected chi connectivity index (χ1v) is 7.29. The predicted molar refractivity (Wildman–Crippen MR) is 84.7 cm³/mol. The average molecular weight is 279 g/mol. The first kappa shape index (κ1) is 17.1. The summed E-state index contributed by atoms with van der Waals surface area (Å²) in [5.41, 5.74) is 5.76. The summed E-state index contributed by atoms with van der Waals surface area (Å²) in [6, 6.07) is 10.1. The van der Waals surface area contributed by atoms with Gasteiger partial charge in [-0.3, -0.25) is 4.90 Å². The molecule has 0 amide bonds. The van der Waals surface area contributed by atoms with Gasteiger partial charge in [-0.1, -0.05) is 37.3 Å². The van der Waals surface area contributed by atoms with Crippen molar-refractivity contribution in [1.82, 2.24) is 9.80 Å². The fourth-order valence-corrected chi connectivity index (χ4v) is 2.58. The van der Waals surface area contributed by atoms with Crippen LogP contribution in [0.15, 0.2) is 30.3 Å². The van der Waals surface area contributed by atoms with Crippen LogP contribution < -0.4 is 5.73 Å². The summed E-state index contributed by atoms with van der Waals surface area (Å²) in [5, 5.41) is 10.9. The first-order valence-electron chi connectivity index (χ1n) is 7.29. The highest BCUT2D eigenvalue weighted by molar-refractivity contribution is 5.23. The molecule has 0 aliphatic rings. The van der Waals surface area contributed by atoms with Crippen molar-refractivity contribution in [3.05, 3.63) is 35.9 Å². The molecule has 0 saturated carbocycles. The normalized spacial score (nSPS) is 16.4. The van der Waals surface area contributed by atoms with E-state index in [1.807, 2.05) is 30.3 Å². The Bertz CT molecular complexity index is 383. The van der Waals surface area contributed by atoms with E-state index < -0.39 is 5.60 Å². The lowest BCUT2D eigenvalue weighted by molar-refractivity contribution is -0.00522. The number of nitrogens with zero attached hydrogens (tertiary/aromatic N) is 2. The molecule has 0 fully saturated rings. The number of benzene rings is 1. The van der Waals surface area contributed by atoms with Crippen LogP contribution in [0.4, 0.5) is 0 Å². The van der Waals surface area contributed by atoms with Crippen molar-refractivity contribution in [2.75, 3.05) is 40.3 Å². The van der Waals surface area contributed by atoms with E-state index >= 15 is 0 Å². The fraction of sp³-hybridized carbons (Fsp3) is 0.625. The minimum atomic E-state index is -0.988. The standard InChI is InChI=1S/C16H29N3O/c1-5-19(14(2)11-18(3)4)13-16(20,12-17)15-9-7-6-8-10-15/h6-10,14,20H,5,11-13,17H2,1-4H3. The monoisotopic (exact) mass is 279 g/mol. The van der Waals surface area contributed by atoms with Gasteiger partial charge in [0.15, 0.2) is 0 Å². The Labute approximate surface area is 123 Å². The van der Waals surface area contributed by atoms with E-state index in [0.29, 0.717) is 12.6 Å². The maximum Gasteiger partial charge on any atom is 0.114 e. The van der Waals surface area contributed by atoms with Crippen LogP contribution in [0.1, 0.15) is 19.4 Å². The highest BCUT2D eigenvalue weighted by Gasteiger charge is 2.31. The van der Waals surface area contributed by atoms with Gasteiger partial charge in [-0.15, -0.1) is 0 Å². The zero-order valence-corrected chi connectivity index (χ0v) is 13.2. The number of likely N-dealkylation sites (N-methyl/N-ethyl adjacent to an activating group) is 2. The zero-order valence-electron chi connectivity index (χ0n) is 13.2. The lowest BCUT2D eigenvalue weighted by Gasteiger charge is -2.37.